The number of halogens is 3. The van der Waals surface area contributed by atoms with E-state index in [0.717, 1.165) is 0 Å². The Morgan fingerprint density at radius 2 is 1.97 bits per heavy atom. The van der Waals surface area contributed by atoms with Crippen LogP contribution in [-0.4, -0.2) is 45.3 Å². The Kier molecular flexibility index (Phi) is 5.29. The number of carboxylic acids is 1. The molecule has 2 N–H and O–H groups in total. The molecule has 150 valence electrons. The van der Waals surface area contributed by atoms with Crippen LogP contribution in [-0.2, 0) is 4.79 Å². The highest BCUT2D eigenvalue weighted by atomic mass is 35.5. The minimum absolute atomic E-state index is 0.0555. The molecule has 4 rings (SSSR count). The molecule has 2 aromatic carbocycles. The molecule has 2 heterocycles. The Morgan fingerprint density at radius 3 is 2.69 bits per heavy atom. The van der Waals surface area contributed by atoms with E-state index in [2.05, 4.69) is 9.97 Å². The number of aromatic nitrogens is 2. The number of nitrogens with zero attached hydrogens (tertiary/aromatic N) is 3. The van der Waals surface area contributed by atoms with Gasteiger partial charge in [-0.25, -0.2) is 14.4 Å². The minimum Gasteiger partial charge on any atom is -0.481 e. The summed E-state index contributed by atoms with van der Waals surface area (Å²) in [5.74, 6) is -2.15. The highest BCUT2D eigenvalue weighted by Gasteiger charge is 2.34. The van der Waals surface area contributed by atoms with Crippen molar-refractivity contribution in [3.8, 4) is 11.1 Å². The van der Waals surface area contributed by atoms with Crippen LogP contribution in [0.2, 0.25) is 10.0 Å². The maximum atomic E-state index is 14.5. The Labute approximate surface area is 175 Å². The number of hydrogen-bond donors (Lipinski definition) is 2. The first kappa shape index (κ1) is 19.8. The third-order valence-corrected chi connectivity index (χ3v) is 5.88. The summed E-state index contributed by atoms with van der Waals surface area (Å²) < 4.78 is 14.5. The van der Waals surface area contributed by atoms with Crippen molar-refractivity contribution in [3.05, 3.63) is 52.5 Å². The van der Waals surface area contributed by atoms with Crippen molar-refractivity contribution in [1.82, 2.24) is 9.97 Å². The van der Waals surface area contributed by atoms with Crippen LogP contribution in [0.25, 0.3) is 22.0 Å². The molecule has 3 aromatic rings. The zero-order chi connectivity index (χ0) is 20.7. The number of anilines is 1. The SMILES string of the molecule is O=C(O)C1CN(c2ncnc3c(F)ccc(-c4ccc(Cl)c(Cl)c4)c23)CCC1O. The summed E-state index contributed by atoms with van der Waals surface area (Å²) in [5, 5.41) is 20.6. The molecule has 2 atom stereocenters. The van der Waals surface area contributed by atoms with Crippen molar-refractivity contribution >= 4 is 45.9 Å². The molecule has 1 aliphatic heterocycles. The van der Waals surface area contributed by atoms with Crippen molar-refractivity contribution in [2.45, 2.75) is 12.5 Å². The molecule has 1 fully saturated rings. The van der Waals surface area contributed by atoms with Crippen LogP contribution in [0, 0.1) is 11.7 Å². The molecular weight excluding hydrogens is 420 g/mol. The van der Waals surface area contributed by atoms with Crippen molar-refractivity contribution in [1.29, 1.82) is 0 Å². The molecule has 6 nitrogen and oxygen atoms in total. The number of benzene rings is 2. The van der Waals surface area contributed by atoms with Crippen molar-refractivity contribution < 1.29 is 19.4 Å². The number of aliphatic carboxylic acids is 1. The average Bonchev–Trinajstić information content (AvgIpc) is 2.70. The molecule has 29 heavy (non-hydrogen) atoms. The van der Waals surface area contributed by atoms with Gasteiger partial charge in [0.1, 0.15) is 29.4 Å². The van der Waals surface area contributed by atoms with Gasteiger partial charge in [-0.1, -0.05) is 35.3 Å². The molecule has 0 bridgehead atoms. The Morgan fingerprint density at radius 1 is 1.17 bits per heavy atom. The Bertz CT molecular complexity index is 1110. The number of aliphatic hydroxyl groups excluding tert-OH is 1. The first-order chi connectivity index (χ1) is 13.9. The van der Waals surface area contributed by atoms with Crippen LogP contribution in [0.4, 0.5) is 10.2 Å². The lowest BCUT2D eigenvalue weighted by Gasteiger charge is -2.35. The summed E-state index contributed by atoms with van der Waals surface area (Å²) in [6, 6.07) is 8.01. The standard InChI is InChI=1S/C20H16Cl2FN3O3/c21-13-3-1-10(7-14(13)22)11-2-4-15(23)18-17(11)19(25-9-24-18)26-6-5-16(27)12(8-26)20(28)29/h1-4,7,9,12,16,27H,5-6,8H2,(H,28,29). The minimum atomic E-state index is -1.09. The van der Waals surface area contributed by atoms with Gasteiger partial charge in [-0.3, -0.25) is 4.79 Å². The van der Waals surface area contributed by atoms with Gasteiger partial charge >= 0.3 is 5.97 Å². The largest absolute Gasteiger partial charge is 0.481 e. The molecule has 0 aliphatic carbocycles. The van der Waals surface area contributed by atoms with Crippen LogP contribution in [0.15, 0.2) is 36.7 Å². The molecule has 1 saturated heterocycles. The van der Waals surface area contributed by atoms with Crippen molar-refractivity contribution in [2.24, 2.45) is 5.92 Å². The van der Waals surface area contributed by atoms with Gasteiger partial charge < -0.3 is 15.1 Å². The lowest BCUT2D eigenvalue weighted by Crippen LogP contribution is -2.47. The number of fused-ring (bicyclic) bond motifs is 1. The highest BCUT2D eigenvalue weighted by molar-refractivity contribution is 6.42. The monoisotopic (exact) mass is 435 g/mol. The number of hydrogen-bond acceptors (Lipinski definition) is 5. The van der Waals surface area contributed by atoms with E-state index >= 15 is 0 Å². The quantitative estimate of drug-likeness (QED) is 0.645. The zero-order valence-electron chi connectivity index (χ0n) is 15.0. The van der Waals surface area contributed by atoms with Crippen LogP contribution >= 0.6 is 23.2 Å². The Balaban J connectivity index is 1.90. The third-order valence-electron chi connectivity index (χ3n) is 5.14. The summed E-state index contributed by atoms with van der Waals surface area (Å²) in [7, 11) is 0. The zero-order valence-corrected chi connectivity index (χ0v) is 16.5. The molecule has 2 unspecified atom stereocenters. The molecule has 1 aromatic heterocycles. The van der Waals surface area contributed by atoms with Gasteiger partial charge in [-0.2, -0.15) is 0 Å². The van der Waals surface area contributed by atoms with Crippen LogP contribution in [0.3, 0.4) is 0 Å². The number of aliphatic hydroxyl groups is 1. The first-order valence-corrected chi connectivity index (χ1v) is 9.67. The van der Waals surface area contributed by atoms with E-state index in [9.17, 15) is 19.4 Å². The molecule has 0 amide bonds. The van der Waals surface area contributed by atoms with E-state index in [1.807, 2.05) is 0 Å². The van der Waals surface area contributed by atoms with Crippen molar-refractivity contribution in [3.63, 3.8) is 0 Å². The van der Waals surface area contributed by atoms with E-state index in [4.69, 9.17) is 23.2 Å². The fourth-order valence-corrected chi connectivity index (χ4v) is 3.94. The number of piperidine rings is 1. The lowest BCUT2D eigenvalue weighted by molar-refractivity contribution is -0.146. The first-order valence-electron chi connectivity index (χ1n) is 8.91. The molecule has 0 saturated carbocycles. The van der Waals surface area contributed by atoms with Gasteiger partial charge in [0.05, 0.1) is 21.5 Å². The van der Waals surface area contributed by atoms with Gasteiger partial charge in [0.15, 0.2) is 0 Å². The summed E-state index contributed by atoms with van der Waals surface area (Å²) >= 11 is 12.2. The van der Waals surface area contributed by atoms with Crippen molar-refractivity contribution in [2.75, 3.05) is 18.0 Å². The van der Waals surface area contributed by atoms with Gasteiger partial charge in [0.2, 0.25) is 0 Å². The normalized spacial score (nSPS) is 19.5. The van der Waals surface area contributed by atoms with Crippen LogP contribution < -0.4 is 4.90 Å². The second-order valence-corrected chi connectivity index (χ2v) is 7.71. The summed E-state index contributed by atoms with van der Waals surface area (Å²) in [5.41, 5.74) is 1.47. The summed E-state index contributed by atoms with van der Waals surface area (Å²) in [4.78, 5) is 21.7. The van der Waals surface area contributed by atoms with Gasteiger partial charge in [0.25, 0.3) is 0 Å². The van der Waals surface area contributed by atoms with Gasteiger partial charge in [0, 0.05) is 13.1 Å². The fourth-order valence-electron chi connectivity index (χ4n) is 3.64. The van der Waals surface area contributed by atoms with Gasteiger partial charge in [-0.05, 0) is 35.7 Å². The van der Waals surface area contributed by atoms with Crippen LogP contribution in [0.1, 0.15) is 6.42 Å². The molecule has 9 heteroatoms. The van der Waals surface area contributed by atoms with E-state index in [1.165, 1.54) is 12.4 Å². The second-order valence-electron chi connectivity index (χ2n) is 6.89. The second kappa shape index (κ2) is 7.74. The maximum absolute atomic E-state index is 14.5. The van der Waals surface area contributed by atoms with E-state index in [0.29, 0.717) is 38.9 Å². The third kappa shape index (κ3) is 3.61. The molecule has 1 aliphatic rings. The number of carboxylic acid groups (broad SMARTS) is 1. The molecular formula is C20H16Cl2FN3O3. The molecule has 0 spiro atoms. The maximum Gasteiger partial charge on any atom is 0.310 e. The highest BCUT2D eigenvalue weighted by Crippen LogP contribution is 2.38. The number of rotatable bonds is 3. The summed E-state index contributed by atoms with van der Waals surface area (Å²) in [6.07, 6.45) is 0.572. The smallest absolute Gasteiger partial charge is 0.310 e. The lowest BCUT2D eigenvalue weighted by atomic mass is 9.94. The Hall–Kier alpha value is -2.48. The average molecular weight is 436 g/mol. The van der Waals surface area contributed by atoms with E-state index < -0.39 is 23.8 Å². The van der Waals surface area contributed by atoms with Gasteiger partial charge in [-0.15, -0.1) is 0 Å². The van der Waals surface area contributed by atoms with E-state index in [-0.39, 0.29) is 18.5 Å². The predicted octanol–water partition coefficient (Wildman–Crippen LogP) is 4.01. The fraction of sp³-hybridized carbons (Fsp3) is 0.250. The van der Waals surface area contributed by atoms with Crippen LogP contribution in [0.5, 0.6) is 0 Å². The number of carbonyl (C=O) groups is 1. The molecule has 0 radical (unpaired) electrons. The van der Waals surface area contributed by atoms with E-state index in [1.54, 1.807) is 29.2 Å². The predicted molar refractivity (Wildman–Crippen MR) is 109 cm³/mol. The topological polar surface area (TPSA) is 86.5 Å². The summed E-state index contributed by atoms with van der Waals surface area (Å²) in [6.45, 7) is 0.439.